The Bertz CT molecular complexity index is 755. The number of aliphatic hydroxyl groups is 1. The summed E-state index contributed by atoms with van der Waals surface area (Å²) >= 11 is 0. The highest BCUT2D eigenvalue weighted by atomic mass is 28.4. The van der Waals surface area contributed by atoms with E-state index in [4.69, 9.17) is 4.43 Å². The SMILES string of the molecule is CC(C)(C)[Si](C)(C)O[C@H](CO)[C@H](Cc1cccc(C#C[Si](C)(C)C)c1)NC(=O)O. The van der Waals surface area contributed by atoms with Crippen LogP contribution in [0.4, 0.5) is 4.79 Å². The van der Waals surface area contributed by atoms with Gasteiger partial charge in [0.1, 0.15) is 8.07 Å². The smallest absolute Gasteiger partial charge is 0.404 e. The molecule has 0 bridgehead atoms. The zero-order valence-corrected chi connectivity index (χ0v) is 21.1. The highest BCUT2D eigenvalue weighted by Crippen LogP contribution is 2.37. The Labute approximate surface area is 178 Å². The Kier molecular flexibility index (Phi) is 8.72. The van der Waals surface area contributed by atoms with E-state index in [-0.39, 0.29) is 11.6 Å². The third kappa shape index (κ3) is 8.75. The van der Waals surface area contributed by atoms with Crippen LogP contribution in [0.1, 0.15) is 31.9 Å². The van der Waals surface area contributed by atoms with Crippen LogP contribution in [0.3, 0.4) is 0 Å². The first-order valence-electron chi connectivity index (χ1n) is 10.0. The Morgan fingerprint density at radius 1 is 1.21 bits per heavy atom. The first-order valence-corrected chi connectivity index (χ1v) is 16.5. The number of amides is 1. The van der Waals surface area contributed by atoms with Gasteiger partial charge in [-0.25, -0.2) is 4.79 Å². The van der Waals surface area contributed by atoms with Gasteiger partial charge in [-0.1, -0.05) is 58.5 Å². The molecule has 1 amide bonds. The van der Waals surface area contributed by atoms with Crippen molar-refractivity contribution >= 4 is 22.5 Å². The molecule has 1 aromatic rings. The van der Waals surface area contributed by atoms with E-state index in [1.807, 2.05) is 24.3 Å². The predicted molar refractivity (Wildman–Crippen MR) is 124 cm³/mol. The van der Waals surface area contributed by atoms with Crippen LogP contribution in [0.15, 0.2) is 24.3 Å². The summed E-state index contributed by atoms with van der Waals surface area (Å²) in [5, 5.41) is 21.8. The zero-order chi connectivity index (χ0) is 22.5. The highest BCUT2D eigenvalue weighted by Gasteiger charge is 2.41. The summed E-state index contributed by atoms with van der Waals surface area (Å²) < 4.78 is 6.35. The van der Waals surface area contributed by atoms with Crippen LogP contribution in [-0.2, 0) is 10.8 Å². The molecule has 0 aromatic heterocycles. The molecule has 0 radical (unpaired) electrons. The number of hydrogen-bond donors (Lipinski definition) is 3. The second-order valence-electron chi connectivity index (χ2n) is 10.1. The van der Waals surface area contributed by atoms with Gasteiger partial charge >= 0.3 is 6.09 Å². The predicted octanol–water partition coefficient (Wildman–Crippen LogP) is 4.48. The standard InChI is InChI=1S/C22H37NO4Si2/c1-22(2,3)29(7,8)27-20(16-24)19(23-21(25)26)15-18-11-9-10-17(14-18)12-13-28(4,5)6/h9-11,14,19-20,23-24H,15-16H2,1-8H3,(H,25,26)/t19-,20+/m0/s1. The van der Waals surface area contributed by atoms with Gasteiger partial charge < -0.3 is 20.0 Å². The van der Waals surface area contributed by atoms with Gasteiger partial charge in [-0.05, 0) is 42.2 Å². The molecule has 0 spiro atoms. The molecular formula is C22H37NO4Si2. The molecule has 0 saturated carbocycles. The van der Waals surface area contributed by atoms with Crippen molar-refractivity contribution in [2.24, 2.45) is 0 Å². The van der Waals surface area contributed by atoms with E-state index in [1.165, 1.54) is 0 Å². The highest BCUT2D eigenvalue weighted by molar-refractivity contribution is 6.83. The van der Waals surface area contributed by atoms with Gasteiger partial charge in [-0.3, -0.25) is 0 Å². The summed E-state index contributed by atoms with van der Waals surface area (Å²) in [5.41, 5.74) is 5.24. The quantitative estimate of drug-likeness (QED) is 0.436. The molecule has 2 atom stereocenters. The van der Waals surface area contributed by atoms with E-state index < -0.39 is 34.6 Å². The molecular weight excluding hydrogens is 398 g/mol. The van der Waals surface area contributed by atoms with Crippen molar-refractivity contribution in [1.82, 2.24) is 5.32 Å². The van der Waals surface area contributed by atoms with Gasteiger partial charge in [-0.15, -0.1) is 5.54 Å². The molecule has 0 saturated heterocycles. The van der Waals surface area contributed by atoms with Gasteiger partial charge in [0.25, 0.3) is 0 Å². The maximum Gasteiger partial charge on any atom is 0.404 e. The largest absolute Gasteiger partial charge is 0.465 e. The van der Waals surface area contributed by atoms with Gasteiger partial charge in [0.15, 0.2) is 8.32 Å². The minimum absolute atomic E-state index is 0.0411. The number of carbonyl (C=O) groups is 1. The molecule has 0 unspecified atom stereocenters. The number of benzene rings is 1. The van der Waals surface area contributed by atoms with Gasteiger partial charge in [0.2, 0.25) is 0 Å². The van der Waals surface area contributed by atoms with Crippen molar-refractivity contribution in [2.45, 2.75) is 77.1 Å². The first-order chi connectivity index (χ1) is 13.1. The van der Waals surface area contributed by atoms with Crippen LogP contribution >= 0.6 is 0 Å². The van der Waals surface area contributed by atoms with Crippen molar-refractivity contribution in [3.05, 3.63) is 35.4 Å². The summed E-state index contributed by atoms with van der Waals surface area (Å²) in [7, 11) is -3.65. The van der Waals surface area contributed by atoms with Crippen LogP contribution in [0.2, 0.25) is 37.8 Å². The molecule has 5 nitrogen and oxygen atoms in total. The van der Waals surface area contributed by atoms with E-state index in [9.17, 15) is 15.0 Å². The Hall–Kier alpha value is -1.60. The van der Waals surface area contributed by atoms with Crippen molar-refractivity contribution in [3.63, 3.8) is 0 Å². The molecule has 29 heavy (non-hydrogen) atoms. The van der Waals surface area contributed by atoms with Crippen molar-refractivity contribution in [2.75, 3.05) is 6.61 Å². The van der Waals surface area contributed by atoms with E-state index in [0.717, 1.165) is 11.1 Å². The van der Waals surface area contributed by atoms with E-state index in [0.29, 0.717) is 6.42 Å². The van der Waals surface area contributed by atoms with Gasteiger partial charge in [0, 0.05) is 5.56 Å². The van der Waals surface area contributed by atoms with Crippen molar-refractivity contribution in [1.29, 1.82) is 0 Å². The summed E-state index contributed by atoms with van der Waals surface area (Å²) in [6.07, 6.45) is -1.31. The van der Waals surface area contributed by atoms with Crippen LogP contribution in [-0.4, -0.2) is 51.5 Å². The summed E-state index contributed by atoms with van der Waals surface area (Å²) in [6.45, 7) is 16.9. The Balaban J connectivity index is 3.12. The first kappa shape index (κ1) is 25.4. The monoisotopic (exact) mass is 435 g/mol. The fraction of sp³-hybridized carbons (Fsp3) is 0.591. The Morgan fingerprint density at radius 3 is 2.31 bits per heavy atom. The maximum atomic E-state index is 11.4. The Morgan fingerprint density at radius 2 is 1.83 bits per heavy atom. The second kappa shape index (κ2) is 9.94. The second-order valence-corrected chi connectivity index (χ2v) is 19.6. The average molecular weight is 436 g/mol. The molecule has 3 N–H and O–H groups in total. The average Bonchev–Trinajstić information content (AvgIpc) is 2.55. The number of hydrogen-bond acceptors (Lipinski definition) is 3. The third-order valence-electron chi connectivity index (χ3n) is 5.15. The molecule has 1 rings (SSSR count). The number of nitrogens with one attached hydrogen (secondary N) is 1. The number of aliphatic hydroxyl groups excluding tert-OH is 1. The van der Waals surface area contributed by atoms with Crippen LogP contribution in [0.25, 0.3) is 0 Å². The topological polar surface area (TPSA) is 78.8 Å². The number of carboxylic acid groups (broad SMARTS) is 1. The molecule has 0 aliphatic rings. The van der Waals surface area contributed by atoms with Crippen molar-refractivity contribution in [3.8, 4) is 11.5 Å². The van der Waals surface area contributed by atoms with Crippen LogP contribution in [0, 0.1) is 11.5 Å². The summed E-state index contributed by atoms with van der Waals surface area (Å²) in [6, 6.07) is 7.30. The molecule has 162 valence electrons. The summed E-state index contributed by atoms with van der Waals surface area (Å²) in [5.74, 6) is 3.24. The molecule has 1 aromatic carbocycles. The fourth-order valence-corrected chi connectivity index (χ4v) is 4.39. The minimum atomic E-state index is -2.18. The summed E-state index contributed by atoms with van der Waals surface area (Å²) in [4.78, 5) is 11.4. The minimum Gasteiger partial charge on any atom is -0.465 e. The van der Waals surface area contributed by atoms with Crippen molar-refractivity contribution < 1.29 is 19.4 Å². The van der Waals surface area contributed by atoms with Gasteiger partial charge in [0.05, 0.1) is 18.8 Å². The third-order valence-corrected chi connectivity index (χ3v) is 10.5. The number of rotatable bonds is 7. The molecule has 7 heteroatoms. The van der Waals surface area contributed by atoms with Crippen LogP contribution < -0.4 is 5.32 Å². The van der Waals surface area contributed by atoms with Gasteiger partial charge in [-0.2, -0.15) is 0 Å². The van der Waals surface area contributed by atoms with Crippen LogP contribution in [0.5, 0.6) is 0 Å². The van der Waals surface area contributed by atoms with E-state index >= 15 is 0 Å². The maximum absolute atomic E-state index is 11.4. The normalized spacial score (nSPS) is 14.5. The fourth-order valence-electron chi connectivity index (χ4n) is 2.53. The zero-order valence-electron chi connectivity index (χ0n) is 19.1. The molecule has 0 fully saturated rings. The molecule has 0 aliphatic heterocycles. The van der Waals surface area contributed by atoms with E-state index in [2.05, 4.69) is 70.3 Å². The lowest BCUT2D eigenvalue weighted by molar-refractivity contribution is 0.0701. The lowest BCUT2D eigenvalue weighted by atomic mass is 10.00. The molecule has 0 heterocycles. The lowest BCUT2D eigenvalue weighted by Gasteiger charge is -2.41. The van der Waals surface area contributed by atoms with E-state index in [1.54, 1.807) is 0 Å². The molecule has 0 aliphatic carbocycles. The lowest BCUT2D eigenvalue weighted by Crippen LogP contribution is -2.53.